The van der Waals surface area contributed by atoms with E-state index in [1.54, 1.807) is 0 Å². The minimum Gasteiger partial charge on any atom is -0.393 e. The van der Waals surface area contributed by atoms with Crippen molar-refractivity contribution in [1.82, 2.24) is 4.90 Å². The van der Waals surface area contributed by atoms with Crippen molar-refractivity contribution in [2.75, 3.05) is 19.6 Å². The van der Waals surface area contributed by atoms with Gasteiger partial charge >= 0.3 is 0 Å². The molecule has 1 aliphatic heterocycles. The fourth-order valence-corrected chi connectivity index (χ4v) is 2.16. The Balaban J connectivity index is 2.30. The van der Waals surface area contributed by atoms with Gasteiger partial charge in [-0.1, -0.05) is 13.8 Å². The zero-order valence-electron chi connectivity index (χ0n) is 9.87. The Morgan fingerprint density at radius 2 is 2.00 bits per heavy atom. The van der Waals surface area contributed by atoms with Gasteiger partial charge in [-0.2, -0.15) is 5.26 Å². The largest absolute Gasteiger partial charge is 0.393 e. The summed E-state index contributed by atoms with van der Waals surface area (Å²) in [5.74, 6) is 0. The van der Waals surface area contributed by atoms with E-state index in [9.17, 15) is 5.11 Å². The Morgan fingerprint density at radius 3 is 2.53 bits per heavy atom. The smallest absolute Gasteiger partial charge is 0.0621 e. The van der Waals surface area contributed by atoms with Gasteiger partial charge in [-0.25, -0.2) is 0 Å². The van der Waals surface area contributed by atoms with Crippen LogP contribution in [0.3, 0.4) is 0 Å². The van der Waals surface area contributed by atoms with Gasteiger partial charge in [0, 0.05) is 26.1 Å². The molecule has 3 nitrogen and oxygen atoms in total. The molecule has 3 heteroatoms. The van der Waals surface area contributed by atoms with Crippen LogP contribution in [0.15, 0.2) is 0 Å². The first kappa shape index (κ1) is 12.5. The average molecular weight is 210 g/mol. The molecular weight excluding hydrogens is 188 g/mol. The Morgan fingerprint density at radius 1 is 1.40 bits per heavy atom. The first-order valence-electron chi connectivity index (χ1n) is 5.81. The number of nitriles is 1. The fraction of sp³-hybridized carbons (Fsp3) is 0.917. The third-order valence-corrected chi connectivity index (χ3v) is 3.12. The summed E-state index contributed by atoms with van der Waals surface area (Å²) >= 11 is 0. The molecule has 1 aliphatic rings. The number of rotatable bonds is 4. The molecular formula is C12H22N2O. The normalized spacial score (nSPS) is 20.1. The Labute approximate surface area is 92.7 Å². The molecule has 0 unspecified atom stereocenters. The van der Waals surface area contributed by atoms with Crippen molar-refractivity contribution < 1.29 is 5.11 Å². The number of piperidine rings is 1. The number of aliphatic hydroxyl groups is 1. The molecule has 0 bridgehead atoms. The second-order valence-corrected chi connectivity index (χ2v) is 5.33. The molecule has 0 amide bonds. The molecule has 1 rings (SSSR count). The van der Waals surface area contributed by atoms with Gasteiger partial charge in [0.15, 0.2) is 0 Å². The van der Waals surface area contributed by atoms with Crippen LogP contribution < -0.4 is 0 Å². The third-order valence-electron chi connectivity index (χ3n) is 3.12. The molecule has 0 aromatic carbocycles. The van der Waals surface area contributed by atoms with Crippen LogP contribution in [0.4, 0.5) is 0 Å². The highest BCUT2D eigenvalue weighted by molar-refractivity contribution is 4.81. The van der Waals surface area contributed by atoms with Crippen LogP contribution in [0.1, 0.15) is 39.5 Å². The van der Waals surface area contributed by atoms with E-state index in [1.165, 1.54) is 0 Å². The number of hydrogen-bond acceptors (Lipinski definition) is 3. The summed E-state index contributed by atoms with van der Waals surface area (Å²) in [6.45, 7) is 7.47. The second kappa shape index (κ2) is 5.48. The number of likely N-dealkylation sites (tertiary alicyclic amines) is 1. The predicted molar refractivity (Wildman–Crippen MR) is 60.3 cm³/mol. The maximum atomic E-state index is 9.40. The third kappa shape index (κ3) is 4.63. The maximum absolute atomic E-state index is 9.40. The van der Waals surface area contributed by atoms with E-state index < -0.39 is 0 Å². The van der Waals surface area contributed by atoms with Gasteiger partial charge in [-0.15, -0.1) is 0 Å². The highest BCUT2D eigenvalue weighted by atomic mass is 16.3. The van der Waals surface area contributed by atoms with Gasteiger partial charge in [0.1, 0.15) is 0 Å². The van der Waals surface area contributed by atoms with Gasteiger partial charge < -0.3 is 10.0 Å². The van der Waals surface area contributed by atoms with Crippen molar-refractivity contribution in [1.29, 1.82) is 5.26 Å². The molecule has 0 aromatic heterocycles. The molecule has 1 N–H and O–H groups in total. The minimum atomic E-state index is -0.0940. The molecule has 0 atom stereocenters. The van der Waals surface area contributed by atoms with Crippen molar-refractivity contribution in [3.63, 3.8) is 0 Å². The van der Waals surface area contributed by atoms with Crippen LogP contribution >= 0.6 is 0 Å². The van der Waals surface area contributed by atoms with E-state index in [4.69, 9.17) is 5.26 Å². The Hall–Kier alpha value is -0.590. The lowest BCUT2D eigenvalue weighted by atomic mass is 9.87. The first-order valence-corrected chi connectivity index (χ1v) is 5.81. The molecule has 1 saturated heterocycles. The zero-order valence-corrected chi connectivity index (χ0v) is 9.87. The number of aliphatic hydroxyl groups excluding tert-OH is 1. The summed E-state index contributed by atoms with van der Waals surface area (Å²) in [7, 11) is 0. The summed E-state index contributed by atoms with van der Waals surface area (Å²) in [5, 5.41) is 18.0. The van der Waals surface area contributed by atoms with E-state index in [0.29, 0.717) is 6.42 Å². The Kier molecular flexibility index (Phi) is 4.56. The van der Waals surface area contributed by atoms with Crippen LogP contribution in [0.25, 0.3) is 0 Å². The van der Waals surface area contributed by atoms with E-state index in [-0.39, 0.29) is 11.5 Å². The lowest BCUT2D eigenvalue weighted by Gasteiger charge is -2.36. The van der Waals surface area contributed by atoms with Gasteiger partial charge in [-0.05, 0) is 24.7 Å². The predicted octanol–water partition coefficient (Wildman–Crippen LogP) is 1.77. The van der Waals surface area contributed by atoms with E-state index in [1.807, 2.05) is 0 Å². The van der Waals surface area contributed by atoms with Crippen LogP contribution in [0, 0.1) is 16.7 Å². The van der Waals surface area contributed by atoms with Crippen molar-refractivity contribution in [2.24, 2.45) is 5.41 Å². The molecule has 0 radical (unpaired) electrons. The van der Waals surface area contributed by atoms with Crippen molar-refractivity contribution in [3.8, 4) is 6.07 Å². The van der Waals surface area contributed by atoms with E-state index in [0.717, 1.165) is 38.9 Å². The monoisotopic (exact) mass is 210 g/mol. The van der Waals surface area contributed by atoms with Crippen LogP contribution in [0.5, 0.6) is 0 Å². The number of hydrogen-bond donors (Lipinski definition) is 1. The standard InChI is InChI=1S/C12H22N2O/c1-12(2,6-3-7-13)10-14-8-4-11(15)5-9-14/h11,15H,3-6,8-10H2,1-2H3. The van der Waals surface area contributed by atoms with Crippen LogP contribution in [-0.2, 0) is 0 Å². The molecule has 1 fully saturated rings. The van der Waals surface area contributed by atoms with Crippen molar-refractivity contribution in [2.45, 2.75) is 45.6 Å². The van der Waals surface area contributed by atoms with Crippen molar-refractivity contribution >= 4 is 0 Å². The molecule has 0 saturated carbocycles. The zero-order chi connectivity index (χ0) is 11.3. The summed E-state index contributed by atoms with van der Waals surface area (Å²) in [6.07, 6.45) is 3.30. The Bertz CT molecular complexity index is 224. The van der Waals surface area contributed by atoms with E-state index >= 15 is 0 Å². The molecule has 86 valence electrons. The summed E-state index contributed by atoms with van der Waals surface area (Å²) in [4.78, 5) is 2.41. The summed E-state index contributed by atoms with van der Waals surface area (Å²) in [5.41, 5.74) is 0.220. The van der Waals surface area contributed by atoms with Gasteiger partial charge in [0.25, 0.3) is 0 Å². The topological polar surface area (TPSA) is 47.3 Å². The van der Waals surface area contributed by atoms with Crippen LogP contribution in [0.2, 0.25) is 0 Å². The number of nitrogens with zero attached hydrogens (tertiary/aromatic N) is 2. The minimum absolute atomic E-state index is 0.0940. The quantitative estimate of drug-likeness (QED) is 0.769. The van der Waals surface area contributed by atoms with Gasteiger partial charge in [0.2, 0.25) is 0 Å². The lowest BCUT2D eigenvalue weighted by molar-refractivity contribution is 0.0618. The maximum Gasteiger partial charge on any atom is 0.0621 e. The SMILES string of the molecule is CC(C)(CCC#N)CN1CCC(O)CC1. The van der Waals surface area contributed by atoms with E-state index in [2.05, 4.69) is 24.8 Å². The average Bonchev–Trinajstić information content (AvgIpc) is 2.18. The highest BCUT2D eigenvalue weighted by Crippen LogP contribution is 2.25. The first-order chi connectivity index (χ1) is 7.03. The van der Waals surface area contributed by atoms with Gasteiger partial charge in [0.05, 0.1) is 12.2 Å². The van der Waals surface area contributed by atoms with Crippen LogP contribution in [-0.4, -0.2) is 35.7 Å². The lowest BCUT2D eigenvalue weighted by Crippen LogP contribution is -2.41. The second-order valence-electron chi connectivity index (χ2n) is 5.33. The molecule has 1 heterocycles. The molecule has 0 spiro atoms. The van der Waals surface area contributed by atoms with Gasteiger partial charge in [-0.3, -0.25) is 0 Å². The molecule has 0 aliphatic carbocycles. The fourth-order valence-electron chi connectivity index (χ4n) is 2.16. The van der Waals surface area contributed by atoms with Crippen molar-refractivity contribution in [3.05, 3.63) is 0 Å². The highest BCUT2D eigenvalue weighted by Gasteiger charge is 2.24. The molecule has 15 heavy (non-hydrogen) atoms. The summed E-state index contributed by atoms with van der Waals surface area (Å²) < 4.78 is 0. The summed E-state index contributed by atoms with van der Waals surface area (Å²) in [6, 6.07) is 2.21. The molecule has 0 aromatic rings.